The minimum atomic E-state index is -0.760. The quantitative estimate of drug-likeness (QED) is 0.777. The van der Waals surface area contributed by atoms with Gasteiger partial charge in [0.05, 0.1) is 5.60 Å². The highest BCUT2D eigenvalue weighted by Gasteiger charge is 2.21. The molecule has 0 aliphatic carbocycles. The summed E-state index contributed by atoms with van der Waals surface area (Å²) in [4.78, 5) is 1.25. The van der Waals surface area contributed by atoms with Gasteiger partial charge in [0.25, 0.3) is 0 Å². The monoisotopic (exact) mass is 267 g/mol. The van der Waals surface area contributed by atoms with E-state index in [4.69, 9.17) is 5.73 Å². The molecule has 0 saturated heterocycles. The predicted octanol–water partition coefficient (Wildman–Crippen LogP) is 3.39. The lowest BCUT2D eigenvalue weighted by Gasteiger charge is -2.24. The van der Waals surface area contributed by atoms with Crippen molar-refractivity contribution in [3.63, 3.8) is 0 Å². The molecular weight excluding hydrogens is 242 g/mol. The van der Waals surface area contributed by atoms with Crippen molar-refractivity contribution >= 4 is 11.8 Å². The van der Waals surface area contributed by atoms with Gasteiger partial charge in [-0.05, 0) is 37.0 Å². The van der Waals surface area contributed by atoms with Crippen LogP contribution in [0.4, 0.5) is 0 Å². The Morgan fingerprint density at radius 2 is 1.78 bits per heavy atom. The van der Waals surface area contributed by atoms with Crippen LogP contribution in [0, 0.1) is 0 Å². The van der Waals surface area contributed by atoms with Gasteiger partial charge in [0, 0.05) is 16.7 Å². The Labute approximate surface area is 115 Å². The van der Waals surface area contributed by atoms with Gasteiger partial charge in [-0.1, -0.05) is 32.9 Å². The zero-order valence-corrected chi connectivity index (χ0v) is 12.6. The summed E-state index contributed by atoms with van der Waals surface area (Å²) >= 11 is 1.79. The molecule has 18 heavy (non-hydrogen) atoms. The van der Waals surface area contributed by atoms with Gasteiger partial charge in [0.2, 0.25) is 0 Å². The van der Waals surface area contributed by atoms with Gasteiger partial charge in [-0.25, -0.2) is 0 Å². The van der Waals surface area contributed by atoms with Crippen LogP contribution in [0.3, 0.4) is 0 Å². The van der Waals surface area contributed by atoms with Gasteiger partial charge < -0.3 is 10.8 Å². The lowest BCUT2D eigenvalue weighted by atomic mass is 10.0. The zero-order chi connectivity index (χ0) is 13.8. The highest BCUT2D eigenvalue weighted by atomic mass is 32.2. The van der Waals surface area contributed by atoms with Crippen LogP contribution in [0.15, 0.2) is 29.2 Å². The van der Waals surface area contributed by atoms with E-state index in [-0.39, 0.29) is 0 Å². The Balaban J connectivity index is 2.57. The average Bonchev–Trinajstić information content (AvgIpc) is 2.29. The van der Waals surface area contributed by atoms with Crippen molar-refractivity contribution in [2.24, 2.45) is 5.73 Å². The normalized spacial score (nSPS) is 16.6. The lowest BCUT2D eigenvalue weighted by molar-refractivity contribution is 0.0608. The molecule has 2 unspecified atom stereocenters. The molecule has 0 heterocycles. The molecule has 0 fully saturated rings. The molecule has 0 aromatic heterocycles. The first-order valence-corrected chi connectivity index (χ1v) is 7.41. The van der Waals surface area contributed by atoms with Crippen LogP contribution < -0.4 is 5.73 Å². The number of hydrogen-bond acceptors (Lipinski definition) is 3. The number of aliphatic hydroxyl groups is 1. The van der Waals surface area contributed by atoms with Crippen molar-refractivity contribution in [1.29, 1.82) is 0 Å². The molecular formula is C15H25NOS. The number of nitrogens with two attached hydrogens (primary N) is 1. The molecule has 2 nitrogen and oxygen atoms in total. The fraction of sp³-hybridized carbons (Fsp3) is 0.600. The van der Waals surface area contributed by atoms with Gasteiger partial charge in [-0.2, -0.15) is 0 Å². The van der Waals surface area contributed by atoms with Crippen LogP contribution in [0.5, 0.6) is 0 Å². The van der Waals surface area contributed by atoms with Crippen LogP contribution in [-0.2, 0) is 0 Å². The second kappa shape index (κ2) is 6.60. The molecule has 0 aliphatic heterocycles. The Bertz CT molecular complexity index is 359. The number of hydrogen-bond donors (Lipinski definition) is 2. The third-order valence-electron chi connectivity index (χ3n) is 3.05. The smallest absolute Gasteiger partial charge is 0.0752 e. The molecule has 0 aliphatic rings. The number of benzene rings is 1. The molecule has 0 spiro atoms. The Hall–Kier alpha value is -0.510. The van der Waals surface area contributed by atoms with Crippen LogP contribution in [-0.4, -0.2) is 22.5 Å². The standard InChI is InChI=1S/C15H25NOS/c1-11(2)13-5-7-14(8-6-13)18-12(3)9-15(4,17)10-16/h5-8,11-12,17H,9-10,16H2,1-4H3. The summed E-state index contributed by atoms with van der Waals surface area (Å²) in [6.45, 7) is 8.63. The zero-order valence-electron chi connectivity index (χ0n) is 11.8. The summed E-state index contributed by atoms with van der Waals surface area (Å²) in [5.41, 5.74) is 6.14. The fourth-order valence-corrected chi connectivity index (χ4v) is 3.11. The Morgan fingerprint density at radius 3 is 2.22 bits per heavy atom. The summed E-state index contributed by atoms with van der Waals surface area (Å²) < 4.78 is 0. The van der Waals surface area contributed by atoms with E-state index in [9.17, 15) is 5.11 Å². The van der Waals surface area contributed by atoms with E-state index in [0.29, 0.717) is 24.1 Å². The van der Waals surface area contributed by atoms with E-state index >= 15 is 0 Å². The minimum absolute atomic E-state index is 0.310. The molecule has 3 heteroatoms. The molecule has 1 rings (SSSR count). The average molecular weight is 267 g/mol. The van der Waals surface area contributed by atoms with E-state index in [1.54, 1.807) is 18.7 Å². The summed E-state index contributed by atoms with van der Waals surface area (Å²) in [7, 11) is 0. The molecule has 0 bridgehead atoms. The second-order valence-electron chi connectivity index (χ2n) is 5.56. The highest BCUT2D eigenvalue weighted by molar-refractivity contribution is 7.99. The van der Waals surface area contributed by atoms with Crippen LogP contribution in [0.1, 0.15) is 45.6 Å². The molecule has 0 amide bonds. The summed E-state index contributed by atoms with van der Waals surface area (Å²) in [5, 5.41) is 10.3. The highest BCUT2D eigenvalue weighted by Crippen LogP contribution is 2.29. The molecule has 0 radical (unpaired) electrons. The van der Waals surface area contributed by atoms with Crippen molar-refractivity contribution < 1.29 is 5.11 Å². The largest absolute Gasteiger partial charge is 0.389 e. The number of thioether (sulfide) groups is 1. The van der Waals surface area contributed by atoms with Crippen molar-refractivity contribution in [3.8, 4) is 0 Å². The molecule has 102 valence electrons. The van der Waals surface area contributed by atoms with Crippen LogP contribution in [0.2, 0.25) is 0 Å². The van der Waals surface area contributed by atoms with Gasteiger partial charge in [0.1, 0.15) is 0 Å². The summed E-state index contributed by atoms with van der Waals surface area (Å²) in [5.74, 6) is 0.569. The Morgan fingerprint density at radius 1 is 1.22 bits per heavy atom. The van der Waals surface area contributed by atoms with E-state index in [1.807, 2.05) is 0 Å². The third-order valence-corrected chi connectivity index (χ3v) is 4.16. The Kier molecular flexibility index (Phi) is 5.70. The van der Waals surface area contributed by atoms with E-state index in [1.165, 1.54) is 10.5 Å². The first kappa shape index (κ1) is 15.5. The fourth-order valence-electron chi connectivity index (χ4n) is 1.91. The third kappa shape index (κ3) is 5.01. The summed E-state index contributed by atoms with van der Waals surface area (Å²) in [6, 6.07) is 8.68. The maximum Gasteiger partial charge on any atom is 0.0752 e. The van der Waals surface area contributed by atoms with Crippen LogP contribution in [0.25, 0.3) is 0 Å². The minimum Gasteiger partial charge on any atom is -0.389 e. The van der Waals surface area contributed by atoms with Crippen molar-refractivity contribution in [2.45, 2.75) is 55.8 Å². The molecule has 1 aromatic rings. The lowest BCUT2D eigenvalue weighted by Crippen LogP contribution is -2.36. The van der Waals surface area contributed by atoms with Gasteiger partial charge in [0.15, 0.2) is 0 Å². The van der Waals surface area contributed by atoms with E-state index in [0.717, 1.165) is 0 Å². The second-order valence-corrected chi connectivity index (χ2v) is 7.07. The number of rotatable bonds is 6. The topological polar surface area (TPSA) is 46.2 Å². The summed E-state index contributed by atoms with van der Waals surface area (Å²) in [6.07, 6.45) is 0.708. The van der Waals surface area contributed by atoms with Gasteiger partial charge in [-0.15, -0.1) is 11.8 Å². The van der Waals surface area contributed by atoms with Gasteiger partial charge >= 0.3 is 0 Å². The molecule has 1 aromatic carbocycles. The SMILES string of the molecule is CC(CC(C)(O)CN)Sc1ccc(C(C)C)cc1. The van der Waals surface area contributed by atoms with Gasteiger partial charge in [-0.3, -0.25) is 0 Å². The van der Waals surface area contributed by atoms with Crippen molar-refractivity contribution in [2.75, 3.05) is 6.54 Å². The molecule has 3 N–H and O–H groups in total. The van der Waals surface area contributed by atoms with Crippen molar-refractivity contribution in [3.05, 3.63) is 29.8 Å². The van der Waals surface area contributed by atoms with Crippen LogP contribution >= 0.6 is 11.8 Å². The molecule has 0 saturated carbocycles. The molecule has 2 atom stereocenters. The first-order chi connectivity index (χ1) is 8.34. The maximum absolute atomic E-state index is 9.95. The van der Waals surface area contributed by atoms with Crippen molar-refractivity contribution in [1.82, 2.24) is 0 Å². The van der Waals surface area contributed by atoms with E-state index < -0.39 is 5.60 Å². The predicted molar refractivity (Wildman–Crippen MR) is 80.1 cm³/mol. The maximum atomic E-state index is 9.95. The first-order valence-electron chi connectivity index (χ1n) is 6.53. The van der Waals surface area contributed by atoms with E-state index in [2.05, 4.69) is 45.0 Å².